The predicted molar refractivity (Wildman–Crippen MR) is 63.1 cm³/mol. The maximum Gasteiger partial charge on any atom is 0.116 e. The summed E-state index contributed by atoms with van der Waals surface area (Å²) in [5.74, 6) is 0.512. The van der Waals surface area contributed by atoms with Gasteiger partial charge in [-0.15, -0.1) is 0 Å². The predicted octanol–water partition coefficient (Wildman–Crippen LogP) is 2.76. The average molecular weight is 214 g/mol. The summed E-state index contributed by atoms with van der Waals surface area (Å²) in [7, 11) is 0. The van der Waals surface area contributed by atoms with Crippen LogP contribution in [0.5, 0.6) is 0 Å². The lowest BCUT2D eigenvalue weighted by molar-refractivity contribution is 0.217. The summed E-state index contributed by atoms with van der Waals surface area (Å²) < 4.78 is 0. The number of hydrogen-bond acceptors (Lipinski definition) is 2. The van der Waals surface area contributed by atoms with E-state index in [1.165, 1.54) is 5.56 Å². The molecular weight excluding hydrogens is 200 g/mol. The molecule has 2 atom stereocenters. The molecule has 2 N–H and O–H groups in total. The zero-order chi connectivity index (χ0) is 11.1. The molecule has 2 heteroatoms. The lowest BCUT2D eigenvalue weighted by Gasteiger charge is -2.14. The van der Waals surface area contributed by atoms with Gasteiger partial charge in [0, 0.05) is 5.92 Å². The molecule has 2 aliphatic carbocycles. The maximum absolute atomic E-state index is 9.89. The van der Waals surface area contributed by atoms with Crippen molar-refractivity contribution in [2.24, 2.45) is 0 Å². The highest BCUT2D eigenvalue weighted by molar-refractivity contribution is 5.62. The van der Waals surface area contributed by atoms with Crippen LogP contribution in [0.3, 0.4) is 0 Å². The molecule has 0 saturated heterocycles. The summed E-state index contributed by atoms with van der Waals surface area (Å²) in [6, 6.07) is 8.07. The van der Waals surface area contributed by atoms with Crippen LogP contribution in [0.1, 0.15) is 29.9 Å². The number of allylic oxidation sites excluding steroid dienone is 1. The van der Waals surface area contributed by atoms with E-state index in [2.05, 4.69) is 6.07 Å². The third kappa shape index (κ3) is 1.38. The SMILES string of the molecule is OC1=Cc2ccccc2C2CCC(O)C2=C1. The Morgan fingerprint density at radius 3 is 2.75 bits per heavy atom. The Hall–Kier alpha value is -1.54. The van der Waals surface area contributed by atoms with Crippen molar-refractivity contribution in [1.29, 1.82) is 0 Å². The van der Waals surface area contributed by atoms with Gasteiger partial charge in [0.05, 0.1) is 6.10 Å². The van der Waals surface area contributed by atoms with E-state index in [-0.39, 0.29) is 11.7 Å². The van der Waals surface area contributed by atoms with E-state index in [9.17, 15) is 10.2 Å². The Morgan fingerprint density at radius 1 is 1.06 bits per heavy atom. The highest BCUT2D eigenvalue weighted by Crippen LogP contribution is 2.43. The van der Waals surface area contributed by atoms with Crippen LogP contribution in [0.4, 0.5) is 0 Å². The molecule has 1 fully saturated rings. The van der Waals surface area contributed by atoms with Crippen LogP contribution in [0.25, 0.3) is 6.08 Å². The number of fused-ring (bicyclic) bond motifs is 3. The van der Waals surface area contributed by atoms with E-state index >= 15 is 0 Å². The monoisotopic (exact) mass is 214 g/mol. The van der Waals surface area contributed by atoms with Crippen LogP contribution in [-0.4, -0.2) is 16.3 Å². The minimum absolute atomic E-state index is 0.242. The Kier molecular flexibility index (Phi) is 2.11. The normalized spacial score (nSPS) is 27.6. The molecule has 2 nitrogen and oxygen atoms in total. The van der Waals surface area contributed by atoms with Crippen molar-refractivity contribution in [1.82, 2.24) is 0 Å². The Morgan fingerprint density at radius 2 is 1.88 bits per heavy atom. The molecule has 82 valence electrons. The molecule has 3 rings (SSSR count). The Labute approximate surface area is 94.5 Å². The molecule has 0 spiro atoms. The minimum atomic E-state index is -0.397. The van der Waals surface area contributed by atoms with E-state index < -0.39 is 6.10 Å². The fraction of sp³-hybridized carbons (Fsp3) is 0.286. The van der Waals surface area contributed by atoms with Gasteiger partial charge in [-0.2, -0.15) is 0 Å². The first-order valence-corrected chi connectivity index (χ1v) is 5.65. The molecular formula is C14H14O2. The average Bonchev–Trinajstić information content (AvgIpc) is 2.56. The van der Waals surface area contributed by atoms with Crippen molar-refractivity contribution in [3.05, 3.63) is 52.8 Å². The number of benzene rings is 1. The Bertz CT molecular complexity index is 485. The lowest BCUT2D eigenvalue weighted by Crippen LogP contribution is -2.06. The first-order valence-electron chi connectivity index (χ1n) is 5.65. The maximum atomic E-state index is 9.89. The highest BCUT2D eigenvalue weighted by Gasteiger charge is 2.32. The molecule has 2 aliphatic rings. The summed E-state index contributed by atoms with van der Waals surface area (Å²) in [5, 5.41) is 19.7. The second kappa shape index (κ2) is 3.49. The van der Waals surface area contributed by atoms with Gasteiger partial charge in [0.2, 0.25) is 0 Å². The second-order valence-electron chi connectivity index (χ2n) is 4.49. The van der Waals surface area contributed by atoms with Crippen molar-refractivity contribution < 1.29 is 10.2 Å². The third-order valence-electron chi connectivity index (χ3n) is 3.51. The molecule has 0 bridgehead atoms. The van der Waals surface area contributed by atoms with Gasteiger partial charge in [-0.1, -0.05) is 24.3 Å². The van der Waals surface area contributed by atoms with Crippen LogP contribution >= 0.6 is 0 Å². The number of aliphatic hydroxyl groups excluding tert-OH is 2. The largest absolute Gasteiger partial charge is 0.508 e. The van der Waals surface area contributed by atoms with Crippen LogP contribution in [0, 0.1) is 0 Å². The van der Waals surface area contributed by atoms with E-state index in [0.29, 0.717) is 0 Å². The standard InChI is InChI=1S/C14H14O2/c15-10-7-9-3-1-2-4-11(9)12-5-6-14(16)13(12)8-10/h1-4,7-8,12,14-16H,5-6H2. The zero-order valence-electron chi connectivity index (χ0n) is 8.93. The molecule has 2 unspecified atom stereocenters. The van der Waals surface area contributed by atoms with Crippen molar-refractivity contribution in [2.45, 2.75) is 24.9 Å². The molecule has 0 aromatic heterocycles. The summed E-state index contributed by atoms with van der Waals surface area (Å²) in [6.45, 7) is 0. The number of rotatable bonds is 0. The first-order chi connectivity index (χ1) is 7.75. The van der Waals surface area contributed by atoms with Gasteiger partial charge in [0.1, 0.15) is 5.76 Å². The molecule has 0 amide bonds. The van der Waals surface area contributed by atoms with Crippen LogP contribution in [-0.2, 0) is 0 Å². The van der Waals surface area contributed by atoms with Crippen LogP contribution in [0.15, 0.2) is 41.7 Å². The second-order valence-corrected chi connectivity index (χ2v) is 4.49. The molecule has 1 aromatic rings. The fourth-order valence-corrected chi connectivity index (χ4v) is 2.75. The van der Waals surface area contributed by atoms with Gasteiger partial charge in [-0.3, -0.25) is 0 Å². The Balaban J connectivity index is 2.19. The third-order valence-corrected chi connectivity index (χ3v) is 3.51. The zero-order valence-corrected chi connectivity index (χ0v) is 8.93. The smallest absolute Gasteiger partial charge is 0.116 e. The topological polar surface area (TPSA) is 40.5 Å². The van der Waals surface area contributed by atoms with Crippen LogP contribution < -0.4 is 0 Å². The van der Waals surface area contributed by atoms with Crippen molar-refractivity contribution in [3.8, 4) is 0 Å². The summed E-state index contributed by atoms with van der Waals surface area (Å²) >= 11 is 0. The first kappa shape index (κ1) is 9.67. The summed E-state index contributed by atoms with van der Waals surface area (Å²) in [6.07, 6.45) is 4.85. The number of aliphatic hydroxyl groups is 2. The summed E-state index contributed by atoms with van der Waals surface area (Å²) in [4.78, 5) is 0. The van der Waals surface area contributed by atoms with Gasteiger partial charge < -0.3 is 10.2 Å². The van der Waals surface area contributed by atoms with E-state index in [1.807, 2.05) is 18.2 Å². The lowest BCUT2D eigenvalue weighted by atomic mass is 9.91. The quantitative estimate of drug-likeness (QED) is 0.697. The minimum Gasteiger partial charge on any atom is -0.508 e. The number of hydrogen-bond donors (Lipinski definition) is 2. The van der Waals surface area contributed by atoms with Gasteiger partial charge in [-0.25, -0.2) is 0 Å². The fourth-order valence-electron chi connectivity index (χ4n) is 2.75. The highest BCUT2D eigenvalue weighted by atomic mass is 16.3. The van der Waals surface area contributed by atoms with Crippen molar-refractivity contribution >= 4 is 6.08 Å². The molecule has 1 aromatic carbocycles. The van der Waals surface area contributed by atoms with E-state index in [0.717, 1.165) is 24.0 Å². The van der Waals surface area contributed by atoms with Gasteiger partial charge in [0.15, 0.2) is 0 Å². The van der Waals surface area contributed by atoms with Gasteiger partial charge in [-0.05, 0) is 41.7 Å². The van der Waals surface area contributed by atoms with Gasteiger partial charge >= 0.3 is 0 Å². The molecule has 0 radical (unpaired) electrons. The molecule has 16 heavy (non-hydrogen) atoms. The van der Waals surface area contributed by atoms with E-state index in [4.69, 9.17) is 0 Å². The van der Waals surface area contributed by atoms with E-state index in [1.54, 1.807) is 12.2 Å². The van der Waals surface area contributed by atoms with Crippen molar-refractivity contribution in [2.75, 3.05) is 0 Å². The molecule has 0 heterocycles. The molecule has 0 aliphatic heterocycles. The molecule has 1 saturated carbocycles. The summed E-state index contributed by atoms with van der Waals surface area (Å²) in [5.41, 5.74) is 3.23. The van der Waals surface area contributed by atoms with Crippen molar-refractivity contribution in [3.63, 3.8) is 0 Å². The van der Waals surface area contributed by atoms with Gasteiger partial charge in [0.25, 0.3) is 0 Å². The van der Waals surface area contributed by atoms with Crippen LogP contribution in [0.2, 0.25) is 0 Å².